The van der Waals surface area contributed by atoms with Crippen molar-refractivity contribution in [3.63, 3.8) is 0 Å². The van der Waals surface area contributed by atoms with Gasteiger partial charge in [-0.15, -0.1) is 0 Å². The van der Waals surface area contributed by atoms with Crippen LogP contribution in [0.15, 0.2) is 12.1 Å². The van der Waals surface area contributed by atoms with E-state index in [1.165, 1.54) is 14.7 Å². The Morgan fingerprint density at radius 2 is 1.82 bits per heavy atom. The van der Waals surface area contributed by atoms with Crippen LogP contribution in [-0.4, -0.2) is 7.11 Å². The predicted molar refractivity (Wildman–Crippen MR) is 55.2 cm³/mol. The molecule has 2 heteroatoms. The maximum Gasteiger partial charge on any atom is 0.122 e. The molecule has 0 atom stereocenters. The fourth-order valence-corrected chi connectivity index (χ4v) is 1.57. The Labute approximate surface area is 80.9 Å². The van der Waals surface area contributed by atoms with E-state index >= 15 is 0 Å². The first-order chi connectivity index (χ1) is 5.16. The highest BCUT2D eigenvalue weighted by Crippen LogP contribution is 2.24. The molecule has 0 aromatic heterocycles. The largest absolute Gasteiger partial charge is 0.496 e. The van der Waals surface area contributed by atoms with E-state index in [1.54, 1.807) is 7.11 Å². The summed E-state index contributed by atoms with van der Waals surface area (Å²) in [7, 11) is 1.70. The third-order valence-corrected chi connectivity index (χ3v) is 3.06. The molecule has 1 aromatic rings. The predicted octanol–water partition coefficient (Wildman–Crippen LogP) is 2.92. The summed E-state index contributed by atoms with van der Waals surface area (Å²) < 4.78 is 6.47. The summed E-state index contributed by atoms with van der Waals surface area (Å²) in [6.07, 6.45) is 0. The van der Waals surface area contributed by atoms with Gasteiger partial charge in [-0.1, -0.05) is 0 Å². The number of benzene rings is 1. The second-order valence-corrected chi connectivity index (χ2v) is 3.66. The SMILES string of the molecule is COc1ccc(I)c(C)c1C. The van der Waals surface area contributed by atoms with Crippen molar-refractivity contribution in [2.75, 3.05) is 7.11 Å². The van der Waals surface area contributed by atoms with Gasteiger partial charge in [0.15, 0.2) is 0 Å². The van der Waals surface area contributed by atoms with Crippen LogP contribution < -0.4 is 4.74 Å². The van der Waals surface area contributed by atoms with Crippen molar-refractivity contribution >= 4 is 22.6 Å². The zero-order chi connectivity index (χ0) is 8.43. The van der Waals surface area contributed by atoms with Crippen LogP contribution in [-0.2, 0) is 0 Å². The Kier molecular flexibility index (Phi) is 2.76. The first kappa shape index (κ1) is 8.84. The molecule has 1 aromatic carbocycles. The highest BCUT2D eigenvalue weighted by Gasteiger charge is 2.02. The van der Waals surface area contributed by atoms with Crippen LogP contribution in [0.4, 0.5) is 0 Å². The van der Waals surface area contributed by atoms with Gasteiger partial charge in [0.25, 0.3) is 0 Å². The Hall–Kier alpha value is -0.250. The van der Waals surface area contributed by atoms with Crippen LogP contribution in [0.25, 0.3) is 0 Å². The van der Waals surface area contributed by atoms with Crippen LogP contribution in [0, 0.1) is 17.4 Å². The van der Waals surface area contributed by atoms with Gasteiger partial charge in [0.05, 0.1) is 7.11 Å². The molecule has 0 aliphatic heterocycles. The number of hydrogen-bond acceptors (Lipinski definition) is 1. The molecule has 0 saturated carbocycles. The monoisotopic (exact) mass is 262 g/mol. The van der Waals surface area contributed by atoms with Crippen LogP contribution >= 0.6 is 22.6 Å². The molecule has 0 saturated heterocycles. The summed E-state index contributed by atoms with van der Waals surface area (Å²) in [5.74, 6) is 0.975. The van der Waals surface area contributed by atoms with E-state index in [0.717, 1.165) is 5.75 Å². The lowest BCUT2D eigenvalue weighted by Gasteiger charge is -2.08. The van der Waals surface area contributed by atoms with Gasteiger partial charge >= 0.3 is 0 Å². The highest BCUT2D eigenvalue weighted by atomic mass is 127. The fourth-order valence-electron chi connectivity index (χ4n) is 0.984. The molecule has 0 N–H and O–H groups in total. The van der Waals surface area contributed by atoms with Crippen molar-refractivity contribution in [3.05, 3.63) is 26.8 Å². The molecule has 1 nitrogen and oxygen atoms in total. The first-order valence-corrected chi connectivity index (χ1v) is 4.54. The van der Waals surface area contributed by atoms with E-state index in [-0.39, 0.29) is 0 Å². The van der Waals surface area contributed by atoms with E-state index in [1.807, 2.05) is 6.07 Å². The normalized spacial score (nSPS) is 9.82. The third kappa shape index (κ3) is 1.67. The molecule has 0 fully saturated rings. The Bertz CT molecular complexity index is 269. The van der Waals surface area contributed by atoms with E-state index in [0.29, 0.717) is 0 Å². The van der Waals surface area contributed by atoms with Gasteiger partial charge in [-0.2, -0.15) is 0 Å². The second kappa shape index (κ2) is 3.43. The quantitative estimate of drug-likeness (QED) is 0.707. The van der Waals surface area contributed by atoms with E-state index in [2.05, 4.69) is 42.5 Å². The number of methoxy groups -OCH3 is 1. The molecule has 0 amide bonds. The van der Waals surface area contributed by atoms with Crippen LogP contribution in [0.5, 0.6) is 5.75 Å². The summed E-state index contributed by atoms with van der Waals surface area (Å²) in [6, 6.07) is 4.08. The molecular weight excluding hydrogens is 251 g/mol. The summed E-state index contributed by atoms with van der Waals surface area (Å²) in [5.41, 5.74) is 2.55. The zero-order valence-corrected chi connectivity index (χ0v) is 9.10. The van der Waals surface area contributed by atoms with Crippen molar-refractivity contribution in [1.29, 1.82) is 0 Å². The Morgan fingerprint density at radius 3 is 2.36 bits per heavy atom. The van der Waals surface area contributed by atoms with Crippen molar-refractivity contribution in [2.45, 2.75) is 13.8 Å². The smallest absolute Gasteiger partial charge is 0.122 e. The number of halogens is 1. The lowest BCUT2D eigenvalue weighted by atomic mass is 10.1. The lowest BCUT2D eigenvalue weighted by molar-refractivity contribution is 0.411. The minimum absolute atomic E-state index is 0.975. The summed E-state index contributed by atoms with van der Waals surface area (Å²) in [5, 5.41) is 0. The number of hydrogen-bond donors (Lipinski definition) is 0. The van der Waals surface area contributed by atoms with Gasteiger partial charge in [-0.05, 0) is 59.7 Å². The lowest BCUT2D eigenvalue weighted by Crippen LogP contribution is -1.91. The van der Waals surface area contributed by atoms with Gasteiger partial charge in [0.2, 0.25) is 0 Å². The van der Waals surface area contributed by atoms with E-state index in [4.69, 9.17) is 4.74 Å². The molecular formula is C9H11IO. The molecule has 11 heavy (non-hydrogen) atoms. The summed E-state index contributed by atoms with van der Waals surface area (Å²) in [6.45, 7) is 4.19. The van der Waals surface area contributed by atoms with Crippen molar-refractivity contribution < 1.29 is 4.74 Å². The molecule has 0 aliphatic rings. The number of rotatable bonds is 1. The second-order valence-electron chi connectivity index (χ2n) is 2.50. The van der Waals surface area contributed by atoms with E-state index < -0.39 is 0 Å². The van der Waals surface area contributed by atoms with Gasteiger partial charge in [0.1, 0.15) is 5.75 Å². The standard InChI is InChI=1S/C9H11IO/c1-6-7(2)9(11-3)5-4-8(6)10/h4-5H,1-3H3. The number of ether oxygens (including phenoxy) is 1. The molecule has 0 radical (unpaired) electrons. The minimum atomic E-state index is 0.975. The molecule has 0 aliphatic carbocycles. The van der Waals surface area contributed by atoms with Gasteiger partial charge in [-0.3, -0.25) is 0 Å². The molecule has 0 bridgehead atoms. The van der Waals surface area contributed by atoms with Crippen molar-refractivity contribution in [1.82, 2.24) is 0 Å². The third-order valence-electron chi connectivity index (χ3n) is 1.89. The van der Waals surface area contributed by atoms with Crippen LogP contribution in [0.2, 0.25) is 0 Å². The Balaban J connectivity index is 3.25. The topological polar surface area (TPSA) is 9.23 Å². The maximum absolute atomic E-state index is 5.18. The molecule has 0 heterocycles. The average Bonchev–Trinajstić information content (AvgIpc) is 2.01. The zero-order valence-electron chi connectivity index (χ0n) is 6.94. The Morgan fingerprint density at radius 1 is 1.18 bits per heavy atom. The molecule has 1 rings (SSSR count). The van der Waals surface area contributed by atoms with Crippen molar-refractivity contribution in [2.24, 2.45) is 0 Å². The minimum Gasteiger partial charge on any atom is -0.496 e. The van der Waals surface area contributed by atoms with Gasteiger partial charge < -0.3 is 4.74 Å². The summed E-state index contributed by atoms with van der Waals surface area (Å²) >= 11 is 2.33. The van der Waals surface area contributed by atoms with Crippen molar-refractivity contribution in [3.8, 4) is 5.75 Å². The van der Waals surface area contributed by atoms with E-state index in [9.17, 15) is 0 Å². The maximum atomic E-state index is 5.18. The fraction of sp³-hybridized carbons (Fsp3) is 0.333. The van der Waals surface area contributed by atoms with Gasteiger partial charge in [-0.25, -0.2) is 0 Å². The molecule has 60 valence electrons. The highest BCUT2D eigenvalue weighted by molar-refractivity contribution is 14.1. The van der Waals surface area contributed by atoms with Crippen LogP contribution in [0.3, 0.4) is 0 Å². The first-order valence-electron chi connectivity index (χ1n) is 3.46. The average molecular weight is 262 g/mol. The molecule has 0 unspecified atom stereocenters. The summed E-state index contributed by atoms with van der Waals surface area (Å²) in [4.78, 5) is 0. The van der Waals surface area contributed by atoms with Gasteiger partial charge in [0, 0.05) is 3.57 Å². The molecule has 0 spiro atoms. The van der Waals surface area contributed by atoms with Crippen LogP contribution in [0.1, 0.15) is 11.1 Å².